The second-order valence-electron chi connectivity index (χ2n) is 6.08. The molecule has 1 rings (SSSR count). The first kappa shape index (κ1) is 13.5. The van der Waals surface area contributed by atoms with Crippen LogP contribution in [0.4, 0.5) is 0 Å². The van der Waals surface area contributed by atoms with Crippen LogP contribution in [0.15, 0.2) is 0 Å². The molecule has 0 aromatic heterocycles. The van der Waals surface area contributed by atoms with Crippen molar-refractivity contribution < 1.29 is 4.79 Å². The minimum atomic E-state index is -0.389. The Morgan fingerprint density at radius 1 is 1.25 bits per heavy atom. The lowest BCUT2D eigenvalue weighted by molar-refractivity contribution is -0.136. The van der Waals surface area contributed by atoms with Crippen LogP contribution in [0.1, 0.15) is 52.9 Å². The van der Waals surface area contributed by atoms with E-state index in [4.69, 9.17) is 5.73 Å². The summed E-state index contributed by atoms with van der Waals surface area (Å²) in [6.07, 6.45) is 6.07. The van der Waals surface area contributed by atoms with Crippen molar-refractivity contribution in [3.05, 3.63) is 0 Å². The molecule has 0 bridgehead atoms. The highest BCUT2D eigenvalue weighted by atomic mass is 16.2. The number of amides is 1. The summed E-state index contributed by atoms with van der Waals surface area (Å²) in [6, 6.07) is 0.0223. The number of nitrogens with zero attached hydrogens (tertiary/aromatic N) is 1. The monoisotopic (exact) mass is 226 g/mol. The third kappa shape index (κ3) is 3.21. The van der Waals surface area contributed by atoms with Gasteiger partial charge in [-0.3, -0.25) is 4.79 Å². The molecule has 16 heavy (non-hydrogen) atoms. The quantitative estimate of drug-likeness (QED) is 0.784. The van der Waals surface area contributed by atoms with Crippen LogP contribution in [0.5, 0.6) is 0 Å². The van der Waals surface area contributed by atoms with Crippen LogP contribution in [-0.4, -0.2) is 29.9 Å². The van der Waals surface area contributed by atoms with Crippen LogP contribution in [0.2, 0.25) is 0 Å². The predicted octanol–water partition coefficient (Wildman–Crippen LogP) is 2.15. The average Bonchev–Trinajstić information content (AvgIpc) is 2.26. The molecule has 0 unspecified atom stereocenters. The van der Waals surface area contributed by atoms with Crippen molar-refractivity contribution in [2.75, 3.05) is 7.05 Å². The molecule has 1 fully saturated rings. The first-order valence-corrected chi connectivity index (χ1v) is 6.36. The van der Waals surface area contributed by atoms with E-state index in [9.17, 15) is 4.79 Å². The van der Waals surface area contributed by atoms with E-state index in [0.717, 1.165) is 12.8 Å². The first-order valence-electron chi connectivity index (χ1n) is 6.36. The Morgan fingerprint density at radius 3 is 2.19 bits per heavy atom. The summed E-state index contributed by atoms with van der Waals surface area (Å²) in [6.45, 7) is 6.05. The topological polar surface area (TPSA) is 46.3 Å². The highest BCUT2D eigenvalue weighted by molar-refractivity contribution is 5.82. The third-order valence-corrected chi connectivity index (χ3v) is 3.67. The van der Waals surface area contributed by atoms with E-state index < -0.39 is 0 Å². The fourth-order valence-electron chi connectivity index (χ4n) is 2.24. The summed E-state index contributed by atoms with van der Waals surface area (Å²) < 4.78 is 0. The Balaban J connectivity index is 2.58. The van der Waals surface area contributed by atoms with Crippen molar-refractivity contribution >= 4 is 5.91 Å². The molecule has 1 aliphatic rings. The van der Waals surface area contributed by atoms with Gasteiger partial charge in [0.2, 0.25) is 5.91 Å². The van der Waals surface area contributed by atoms with Gasteiger partial charge in [0, 0.05) is 13.1 Å². The molecule has 1 aliphatic carbocycles. The molecule has 1 saturated carbocycles. The zero-order valence-electron chi connectivity index (χ0n) is 11.1. The van der Waals surface area contributed by atoms with E-state index in [0.29, 0.717) is 6.04 Å². The lowest BCUT2D eigenvalue weighted by Gasteiger charge is -2.36. The molecule has 1 amide bonds. The Morgan fingerprint density at radius 2 is 1.75 bits per heavy atom. The van der Waals surface area contributed by atoms with E-state index >= 15 is 0 Å². The van der Waals surface area contributed by atoms with Crippen LogP contribution in [0, 0.1) is 5.41 Å². The lowest BCUT2D eigenvalue weighted by atomic mass is 9.85. The predicted molar refractivity (Wildman–Crippen MR) is 67.1 cm³/mol. The molecule has 1 atom stereocenters. The van der Waals surface area contributed by atoms with Gasteiger partial charge >= 0.3 is 0 Å². The van der Waals surface area contributed by atoms with Crippen molar-refractivity contribution in [2.45, 2.75) is 65.0 Å². The summed E-state index contributed by atoms with van der Waals surface area (Å²) in [5.41, 5.74) is 5.86. The molecule has 94 valence electrons. The van der Waals surface area contributed by atoms with E-state index in [1.54, 1.807) is 0 Å². The van der Waals surface area contributed by atoms with E-state index in [2.05, 4.69) is 0 Å². The molecule has 0 aliphatic heterocycles. The third-order valence-electron chi connectivity index (χ3n) is 3.67. The van der Waals surface area contributed by atoms with Crippen LogP contribution in [-0.2, 0) is 4.79 Å². The SMILES string of the molecule is CN(C(=O)[C@H](N)C(C)(C)C)C1CCCCC1. The Kier molecular flexibility index (Phi) is 4.36. The molecular formula is C13H26N2O. The van der Waals surface area contributed by atoms with Crippen molar-refractivity contribution in [2.24, 2.45) is 11.1 Å². The van der Waals surface area contributed by atoms with Gasteiger partial charge in [0.1, 0.15) is 0 Å². The molecule has 2 N–H and O–H groups in total. The maximum atomic E-state index is 12.2. The first-order chi connectivity index (χ1) is 7.34. The minimum absolute atomic E-state index is 0.0967. The fraction of sp³-hybridized carbons (Fsp3) is 0.923. The number of carbonyl (C=O) groups is 1. The second kappa shape index (κ2) is 5.17. The molecule has 0 heterocycles. The van der Waals surface area contributed by atoms with Crippen molar-refractivity contribution in [1.29, 1.82) is 0 Å². The van der Waals surface area contributed by atoms with Crippen molar-refractivity contribution in [1.82, 2.24) is 4.90 Å². The lowest BCUT2D eigenvalue weighted by Crippen LogP contribution is -2.52. The smallest absolute Gasteiger partial charge is 0.240 e. The number of rotatable bonds is 2. The molecule has 3 heteroatoms. The van der Waals surface area contributed by atoms with Gasteiger partial charge in [-0.1, -0.05) is 40.0 Å². The normalized spacial score (nSPS) is 20.6. The highest BCUT2D eigenvalue weighted by Gasteiger charge is 2.32. The molecule has 3 nitrogen and oxygen atoms in total. The number of likely N-dealkylation sites (N-methyl/N-ethyl adjacent to an activating group) is 1. The highest BCUT2D eigenvalue weighted by Crippen LogP contribution is 2.24. The van der Waals surface area contributed by atoms with Gasteiger partial charge in [-0.25, -0.2) is 0 Å². The van der Waals surface area contributed by atoms with E-state index in [-0.39, 0.29) is 17.4 Å². The summed E-state index contributed by atoms with van der Waals surface area (Å²) in [7, 11) is 1.91. The zero-order valence-corrected chi connectivity index (χ0v) is 11.1. The van der Waals surface area contributed by atoms with Gasteiger partial charge in [0.15, 0.2) is 0 Å². The van der Waals surface area contributed by atoms with Gasteiger partial charge in [0.25, 0.3) is 0 Å². The largest absolute Gasteiger partial charge is 0.341 e. The molecular weight excluding hydrogens is 200 g/mol. The summed E-state index contributed by atoms with van der Waals surface area (Å²) >= 11 is 0. The Hall–Kier alpha value is -0.570. The van der Waals surface area contributed by atoms with Crippen LogP contribution < -0.4 is 5.73 Å². The number of nitrogens with two attached hydrogens (primary N) is 1. The van der Waals surface area contributed by atoms with Gasteiger partial charge in [-0.15, -0.1) is 0 Å². The van der Waals surface area contributed by atoms with Gasteiger partial charge < -0.3 is 10.6 Å². The fourth-order valence-corrected chi connectivity index (χ4v) is 2.24. The number of hydrogen-bond donors (Lipinski definition) is 1. The van der Waals surface area contributed by atoms with E-state index in [1.165, 1.54) is 19.3 Å². The minimum Gasteiger partial charge on any atom is -0.341 e. The Labute approximate surface area is 99.4 Å². The second-order valence-corrected chi connectivity index (χ2v) is 6.08. The van der Waals surface area contributed by atoms with Gasteiger partial charge in [-0.05, 0) is 18.3 Å². The van der Waals surface area contributed by atoms with Gasteiger partial charge in [-0.2, -0.15) is 0 Å². The van der Waals surface area contributed by atoms with E-state index in [1.807, 2.05) is 32.7 Å². The van der Waals surface area contributed by atoms with Crippen molar-refractivity contribution in [3.63, 3.8) is 0 Å². The summed E-state index contributed by atoms with van der Waals surface area (Å²) in [5.74, 6) is 0.0967. The molecule has 0 aromatic carbocycles. The maximum absolute atomic E-state index is 12.2. The standard InChI is InChI=1S/C13H26N2O/c1-13(2,3)11(14)12(16)15(4)10-8-6-5-7-9-10/h10-11H,5-9,14H2,1-4H3/t11-/m0/s1. The molecule has 0 aromatic rings. The van der Waals surface area contributed by atoms with Crippen LogP contribution in [0.3, 0.4) is 0 Å². The molecule has 0 spiro atoms. The maximum Gasteiger partial charge on any atom is 0.240 e. The summed E-state index contributed by atoms with van der Waals surface area (Å²) in [4.78, 5) is 14.1. The Bertz CT molecular complexity index is 239. The summed E-state index contributed by atoms with van der Waals surface area (Å²) in [5, 5.41) is 0. The number of carbonyl (C=O) groups excluding carboxylic acids is 1. The molecule has 0 saturated heterocycles. The van der Waals surface area contributed by atoms with Crippen molar-refractivity contribution in [3.8, 4) is 0 Å². The zero-order chi connectivity index (χ0) is 12.3. The van der Waals surface area contributed by atoms with Gasteiger partial charge in [0.05, 0.1) is 6.04 Å². The average molecular weight is 226 g/mol. The van der Waals surface area contributed by atoms with Crippen LogP contribution >= 0.6 is 0 Å². The van der Waals surface area contributed by atoms with Crippen LogP contribution in [0.25, 0.3) is 0 Å². The number of hydrogen-bond acceptors (Lipinski definition) is 2. The molecule has 0 radical (unpaired) electrons.